The molecular weight excluding hydrogens is 226 g/mol. The first kappa shape index (κ1) is 10.8. The van der Waals surface area contributed by atoms with Gasteiger partial charge in [-0.1, -0.05) is 18.2 Å². The van der Waals surface area contributed by atoms with E-state index in [-0.39, 0.29) is 0 Å². The molecule has 0 radical (unpaired) electrons. The monoisotopic (exact) mass is 239 g/mol. The molecule has 18 heavy (non-hydrogen) atoms. The molecule has 4 heteroatoms. The minimum Gasteiger partial charge on any atom is -0.350 e. The third-order valence-corrected chi connectivity index (χ3v) is 3.19. The first-order valence-electron chi connectivity index (χ1n) is 5.77. The molecule has 1 aromatic carbocycles. The number of aromatic amines is 1. The molecule has 0 saturated heterocycles. The van der Waals surface area contributed by atoms with Crippen LogP contribution in [0, 0.1) is 6.92 Å². The quantitative estimate of drug-likeness (QED) is 0.699. The summed E-state index contributed by atoms with van der Waals surface area (Å²) in [7, 11) is 2.00. The Morgan fingerprint density at radius 2 is 2.11 bits per heavy atom. The molecule has 2 heterocycles. The van der Waals surface area contributed by atoms with Crippen molar-refractivity contribution in [3.05, 3.63) is 41.9 Å². The van der Waals surface area contributed by atoms with E-state index in [1.807, 2.05) is 32.3 Å². The highest BCUT2D eigenvalue weighted by Crippen LogP contribution is 2.28. The third kappa shape index (κ3) is 1.46. The van der Waals surface area contributed by atoms with Gasteiger partial charge in [-0.15, -0.1) is 0 Å². The second-order valence-electron chi connectivity index (χ2n) is 4.38. The van der Waals surface area contributed by atoms with Crippen LogP contribution in [-0.2, 0) is 7.05 Å². The molecule has 90 valence electrons. The van der Waals surface area contributed by atoms with Gasteiger partial charge in [0.25, 0.3) is 0 Å². The van der Waals surface area contributed by atoms with Crippen molar-refractivity contribution in [2.24, 2.45) is 7.05 Å². The molecular formula is C14H13N3O. The van der Waals surface area contributed by atoms with E-state index in [9.17, 15) is 4.79 Å². The average molecular weight is 239 g/mol. The lowest BCUT2D eigenvalue weighted by Gasteiger charge is -1.94. The zero-order chi connectivity index (χ0) is 12.7. The molecule has 0 unspecified atom stereocenters. The summed E-state index contributed by atoms with van der Waals surface area (Å²) >= 11 is 0. The van der Waals surface area contributed by atoms with Gasteiger partial charge in [0.05, 0.1) is 0 Å². The number of hydrogen-bond acceptors (Lipinski definition) is 2. The number of rotatable bonds is 2. The van der Waals surface area contributed by atoms with Crippen LogP contribution in [0.2, 0.25) is 0 Å². The van der Waals surface area contributed by atoms with Crippen molar-refractivity contribution in [3.8, 4) is 11.4 Å². The molecule has 2 aromatic heterocycles. The lowest BCUT2D eigenvalue weighted by atomic mass is 10.2. The highest BCUT2D eigenvalue weighted by molar-refractivity contribution is 5.94. The van der Waals surface area contributed by atoms with Gasteiger partial charge in [0.2, 0.25) is 0 Å². The van der Waals surface area contributed by atoms with Crippen LogP contribution in [0.4, 0.5) is 0 Å². The smallest absolute Gasteiger partial charge is 0.170 e. The van der Waals surface area contributed by atoms with Gasteiger partial charge in [-0.3, -0.25) is 4.79 Å². The molecule has 0 aliphatic rings. The first-order chi connectivity index (χ1) is 8.70. The molecule has 0 saturated carbocycles. The Hall–Kier alpha value is -2.36. The maximum absolute atomic E-state index is 10.9. The summed E-state index contributed by atoms with van der Waals surface area (Å²) in [6, 6.07) is 8.14. The van der Waals surface area contributed by atoms with Gasteiger partial charge in [0, 0.05) is 35.4 Å². The Kier molecular flexibility index (Phi) is 2.30. The molecule has 0 aliphatic carbocycles. The third-order valence-electron chi connectivity index (χ3n) is 3.19. The number of carbonyl (C=O) groups excluding carboxylic acids is 1. The molecule has 3 aromatic rings. The van der Waals surface area contributed by atoms with E-state index in [0.717, 1.165) is 34.3 Å². The van der Waals surface area contributed by atoms with Crippen molar-refractivity contribution in [2.45, 2.75) is 6.92 Å². The van der Waals surface area contributed by atoms with Crippen molar-refractivity contribution >= 4 is 17.2 Å². The number of carbonyl (C=O) groups is 1. The Labute approximate surface area is 104 Å². The molecule has 0 atom stereocenters. The number of H-pyrrole nitrogens is 1. The van der Waals surface area contributed by atoms with Gasteiger partial charge in [-0.05, 0) is 13.0 Å². The van der Waals surface area contributed by atoms with Crippen LogP contribution >= 0.6 is 0 Å². The van der Waals surface area contributed by atoms with E-state index in [1.54, 1.807) is 0 Å². The highest BCUT2D eigenvalue weighted by Gasteiger charge is 2.13. The predicted molar refractivity (Wildman–Crippen MR) is 70.6 cm³/mol. The van der Waals surface area contributed by atoms with Crippen molar-refractivity contribution in [2.75, 3.05) is 0 Å². The van der Waals surface area contributed by atoms with Gasteiger partial charge < -0.3 is 9.55 Å². The van der Waals surface area contributed by atoms with Crippen molar-refractivity contribution < 1.29 is 4.79 Å². The van der Waals surface area contributed by atoms with Crippen LogP contribution in [0.15, 0.2) is 30.5 Å². The number of nitrogens with zero attached hydrogens (tertiary/aromatic N) is 2. The number of aldehydes is 1. The summed E-state index contributed by atoms with van der Waals surface area (Å²) in [5.74, 6) is 0.742. The van der Waals surface area contributed by atoms with Crippen LogP contribution < -0.4 is 0 Å². The minimum atomic E-state index is 0.470. The Morgan fingerprint density at radius 1 is 1.33 bits per heavy atom. The largest absolute Gasteiger partial charge is 0.350 e. The maximum atomic E-state index is 10.9. The van der Waals surface area contributed by atoms with Crippen LogP contribution in [-0.4, -0.2) is 20.8 Å². The highest BCUT2D eigenvalue weighted by atomic mass is 16.1. The zero-order valence-corrected chi connectivity index (χ0v) is 10.3. The van der Waals surface area contributed by atoms with E-state index < -0.39 is 0 Å². The number of aryl methyl sites for hydroxylation is 2. The Morgan fingerprint density at radius 3 is 2.83 bits per heavy atom. The fraction of sp³-hybridized carbons (Fsp3) is 0.143. The first-order valence-corrected chi connectivity index (χ1v) is 5.77. The molecule has 3 rings (SSSR count). The van der Waals surface area contributed by atoms with Crippen LogP contribution in [0.25, 0.3) is 22.3 Å². The van der Waals surface area contributed by atoms with Crippen molar-refractivity contribution in [1.82, 2.24) is 14.5 Å². The second-order valence-corrected chi connectivity index (χ2v) is 4.38. The number of nitrogens with one attached hydrogen (secondary N) is 1. The van der Waals surface area contributed by atoms with E-state index in [2.05, 4.69) is 26.7 Å². The Balaban J connectivity index is 2.28. The normalized spacial score (nSPS) is 11.0. The van der Waals surface area contributed by atoms with Crippen LogP contribution in [0.3, 0.4) is 0 Å². The number of benzene rings is 1. The second kappa shape index (κ2) is 3.84. The summed E-state index contributed by atoms with van der Waals surface area (Å²) in [5.41, 5.74) is 3.43. The average Bonchev–Trinajstić information content (AvgIpc) is 2.91. The van der Waals surface area contributed by atoms with E-state index in [1.165, 1.54) is 0 Å². The molecule has 1 N–H and O–H groups in total. The molecule has 0 bridgehead atoms. The van der Waals surface area contributed by atoms with Gasteiger partial charge in [-0.25, -0.2) is 4.98 Å². The lowest BCUT2D eigenvalue weighted by molar-refractivity contribution is 0.111. The van der Waals surface area contributed by atoms with Gasteiger partial charge >= 0.3 is 0 Å². The zero-order valence-electron chi connectivity index (χ0n) is 10.3. The van der Waals surface area contributed by atoms with E-state index in [0.29, 0.717) is 5.69 Å². The molecule has 0 aliphatic heterocycles. The SMILES string of the molecule is Cc1[nH]c(-c2cn(C)c3ccccc23)nc1C=O. The van der Waals surface area contributed by atoms with Gasteiger partial charge in [0.15, 0.2) is 6.29 Å². The van der Waals surface area contributed by atoms with Gasteiger partial charge in [-0.2, -0.15) is 0 Å². The summed E-state index contributed by atoms with van der Waals surface area (Å²) in [5, 5.41) is 1.13. The number of para-hydroxylation sites is 1. The number of imidazole rings is 1. The fourth-order valence-corrected chi connectivity index (χ4v) is 2.25. The lowest BCUT2D eigenvalue weighted by Crippen LogP contribution is -1.82. The number of aromatic nitrogens is 3. The number of fused-ring (bicyclic) bond motifs is 1. The summed E-state index contributed by atoms with van der Waals surface area (Å²) in [4.78, 5) is 18.3. The van der Waals surface area contributed by atoms with Crippen LogP contribution in [0.5, 0.6) is 0 Å². The predicted octanol–water partition coefficient (Wildman–Crippen LogP) is 2.69. The minimum absolute atomic E-state index is 0.470. The molecule has 0 fully saturated rings. The summed E-state index contributed by atoms with van der Waals surface area (Å²) in [6.07, 6.45) is 2.80. The molecule has 4 nitrogen and oxygen atoms in total. The standard InChI is InChI=1S/C14H13N3O/c1-9-12(8-18)16-14(15-9)11-7-17(2)13-6-4-3-5-10(11)13/h3-8H,1-2H3,(H,15,16). The summed E-state index contributed by atoms with van der Waals surface area (Å²) < 4.78 is 2.06. The molecule has 0 spiro atoms. The Bertz CT molecular complexity index is 737. The topological polar surface area (TPSA) is 50.7 Å². The maximum Gasteiger partial charge on any atom is 0.170 e. The van der Waals surface area contributed by atoms with E-state index >= 15 is 0 Å². The van der Waals surface area contributed by atoms with Gasteiger partial charge in [0.1, 0.15) is 11.5 Å². The van der Waals surface area contributed by atoms with Crippen molar-refractivity contribution in [3.63, 3.8) is 0 Å². The fourth-order valence-electron chi connectivity index (χ4n) is 2.25. The van der Waals surface area contributed by atoms with Crippen molar-refractivity contribution in [1.29, 1.82) is 0 Å². The van der Waals surface area contributed by atoms with Crippen LogP contribution in [0.1, 0.15) is 16.2 Å². The van der Waals surface area contributed by atoms with E-state index in [4.69, 9.17) is 0 Å². The number of hydrogen-bond donors (Lipinski definition) is 1. The molecule has 0 amide bonds. The summed E-state index contributed by atoms with van der Waals surface area (Å²) in [6.45, 7) is 1.85.